The summed E-state index contributed by atoms with van der Waals surface area (Å²) in [7, 11) is 0. The predicted octanol–water partition coefficient (Wildman–Crippen LogP) is 3.19. The summed E-state index contributed by atoms with van der Waals surface area (Å²) < 4.78 is 0. The van der Waals surface area contributed by atoms with Crippen molar-refractivity contribution >= 4 is 5.97 Å². The fourth-order valence-corrected chi connectivity index (χ4v) is 2.34. The third-order valence-corrected chi connectivity index (χ3v) is 3.77. The molecule has 1 aromatic carbocycles. The molecule has 0 aliphatic carbocycles. The lowest BCUT2D eigenvalue weighted by atomic mass is 9.78. The average Bonchev–Trinajstić information content (AvgIpc) is 2.31. The van der Waals surface area contributed by atoms with Gasteiger partial charge in [0.15, 0.2) is 0 Å². The zero-order chi connectivity index (χ0) is 15.5. The number of aryl methyl sites for hydroxylation is 1. The summed E-state index contributed by atoms with van der Waals surface area (Å²) in [6, 6.07) is 3.63. The first-order valence-electron chi connectivity index (χ1n) is 6.98. The lowest BCUT2D eigenvalue weighted by Crippen LogP contribution is -2.20. The van der Waals surface area contributed by atoms with Gasteiger partial charge in [0, 0.05) is 6.04 Å². The van der Waals surface area contributed by atoms with Crippen molar-refractivity contribution in [1.82, 2.24) is 0 Å². The monoisotopic (exact) mass is 279 g/mol. The highest BCUT2D eigenvalue weighted by Crippen LogP contribution is 2.34. The van der Waals surface area contributed by atoms with Crippen molar-refractivity contribution in [1.29, 1.82) is 0 Å². The molecule has 20 heavy (non-hydrogen) atoms. The molecule has 0 amide bonds. The van der Waals surface area contributed by atoms with Gasteiger partial charge in [-0.1, -0.05) is 26.3 Å². The smallest absolute Gasteiger partial charge is 0.339 e. The molecule has 1 unspecified atom stereocenters. The van der Waals surface area contributed by atoms with Crippen molar-refractivity contribution in [3.8, 4) is 5.75 Å². The van der Waals surface area contributed by atoms with Crippen LogP contribution in [0.15, 0.2) is 12.1 Å². The van der Waals surface area contributed by atoms with Crippen LogP contribution in [0, 0.1) is 6.92 Å². The molecule has 1 aromatic rings. The highest BCUT2D eigenvalue weighted by Gasteiger charge is 2.24. The zero-order valence-corrected chi connectivity index (χ0v) is 12.7. The summed E-state index contributed by atoms with van der Waals surface area (Å²) in [6.07, 6.45) is 2.87. The standard InChI is InChI=1S/C16H25NO3/c1-10-8-12(9-13(14(10)18)15(19)20)16(3,4)7-5-6-11(2)17/h8-9,11,18H,5-7,17H2,1-4H3,(H,19,20). The number of phenols is 1. The summed E-state index contributed by atoms with van der Waals surface area (Å²) in [6.45, 7) is 7.89. The van der Waals surface area contributed by atoms with E-state index in [1.165, 1.54) is 0 Å². The van der Waals surface area contributed by atoms with Crippen molar-refractivity contribution in [3.05, 3.63) is 28.8 Å². The fourth-order valence-electron chi connectivity index (χ4n) is 2.34. The van der Waals surface area contributed by atoms with Gasteiger partial charge in [0.05, 0.1) is 0 Å². The molecule has 0 heterocycles. The second kappa shape index (κ2) is 6.27. The number of aromatic carboxylic acids is 1. The molecule has 1 rings (SSSR count). The molecule has 112 valence electrons. The maximum atomic E-state index is 11.2. The summed E-state index contributed by atoms with van der Waals surface area (Å²) >= 11 is 0. The average molecular weight is 279 g/mol. The molecular weight excluding hydrogens is 254 g/mol. The van der Waals surface area contributed by atoms with E-state index < -0.39 is 5.97 Å². The Morgan fingerprint density at radius 2 is 2.00 bits per heavy atom. The molecular formula is C16H25NO3. The Morgan fingerprint density at radius 1 is 1.40 bits per heavy atom. The van der Waals surface area contributed by atoms with Gasteiger partial charge in [-0.15, -0.1) is 0 Å². The number of aromatic hydroxyl groups is 1. The van der Waals surface area contributed by atoms with E-state index in [9.17, 15) is 9.90 Å². The molecule has 0 aliphatic rings. The van der Waals surface area contributed by atoms with E-state index in [1.54, 1.807) is 13.0 Å². The van der Waals surface area contributed by atoms with E-state index in [2.05, 4.69) is 13.8 Å². The second-order valence-corrected chi connectivity index (χ2v) is 6.25. The van der Waals surface area contributed by atoms with Gasteiger partial charge in [-0.05, 0) is 49.3 Å². The Labute approximate surface area is 120 Å². The lowest BCUT2D eigenvalue weighted by Gasteiger charge is -2.27. The van der Waals surface area contributed by atoms with Crippen LogP contribution in [0.1, 0.15) is 61.5 Å². The van der Waals surface area contributed by atoms with Crippen molar-refractivity contribution in [2.24, 2.45) is 5.73 Å². The molecule has 0 aromatic heterocycles. The number of benzene rings is 1. The van der Waals surface area contributed by atoms with Gasteiger partial charge in [0.1, 0.15) is 11.3 Å². The Hall–Kier alpha value is -1.55. The van der Waals surface area contributed by atoms with Gasteiger partial charge in [0.25, 0.3) is 0 Å². The number of carboxylic acid groups (broad SMARTS) is 1. The largest absolute Gasteiger partial charge is 0.507 e. The van der Waals surface area contributed by atoms with Crippen molar-refractivity contribution in [3.63, 3.8) is 0 Å². The summed E-state index contributed by atoms with van der Waals surface area (Å²) in [5, 5.41) is 19.0. The molecule has 0 fully saturated rings. The number of carboxylic acids is 1. The SMILES string of the molecule is Cc1cc(C(C)(C)CCCC(C)N)cc(C(=O)O)c1O. The minimum Gasteiger partial charge on any atom is -0.507 e. The van der Waals surface area contributed by atoms with Gasteiger partial charge in [-0.25, -0.2) is 4.79 Å². The first kappa shape index (κ1) is 16.5. The quantitative estimate of drug-likeness (QED) is 0.746. The number of hydrogen-bond donors (Lipinski definition) is 3. The molecule has 0 radical (unpaired) electrons. The van der Waals surface area contributed by atoms with Gasteiger partial charge < -0.3 is 15.9 Å². The topological polar surface area (TPSA) is 83.6 Å². The van der Waals surface area contributed by atoms with Gasteiger partial charge in [0.2, 0.25) is 0 Å². The Morgan fingerprint density at radius 3 is 2.50 bits per heavy atom. The van der Waals surface area contributed by atoms with E-state index in [0.29, 0.717) is 5.56 Å². The zero-order valence-electron chi connectivity index (χ0n) is 12.7. The normalized spacial score (nSPS) is 13.2. The Bertz CT molecular complexity index is 493. The van der Waals surface area contributed by atoms with E-state index in [0.717, 1.165) is 24.8 Å². The number of hydrogen-bond acceptors (Lipinski definition) is 3. The molecule has 0 aliphatic heterocycles. The van der Waals surface area contributed by atoms with Crippen LogP contribution in [0.5, 0.6) is 5.75 Å². The third kappa shape index (κ3) is 3.97. The highest BCUT2D eigenvalue weighted by atomic mass is 16.4. The summed E-state index contributed by atoms with van der Waals surface area (Å²) in [5.74, 6) is -1.24. The van der Waals surface area contributed by atoms with Crippen LogP contribution in [0.2, 0.25) is 0 Å². The van der Waals surface area contributed by atoms with Gasteiger partial charge in [-0.2, -0.15) is 0 Å². The number of carbonyl (C=O) groups is 1. The maximum absolute atomic E-state index is 11.2. The third-order valence-electron chi connectivity index (χ3n) is 3.77. The van der Waals surface area contributed by atoms with Crippen LogP contribution in [-0.4, -0.2) is 22.2 Å². The van der Waals surface area contributed by atoms with Crippen LogP contribution >= 0.6 is 0 Å². The Balaban J connectivity index is 3.02. The molecule has 4 N–H and O–H groups in total. The predicted molar refractivity (Wildman–Crippen MR) is 80.3 cm³/mol. The van der Waals surface area contributed by atoms with Crippen LogP contribution in [-0.2, 0) is 5.41 Å². The van der Waals surface area contributed by atoms with Gasteiger partial charge >= 0.3 is 5.97 Å². The summed E-state index contributed by atoms with van der Waals surface area (Å²) in [5.41, 5.74) is 7.13. The van der Waals surface area contributed by atoms with Crippen molar-refractivity contribution < 1.29 is 15.0 Å². The maximum Gasteiger partial charge on any atom is 0.339 e. The van der Waals surface area contributed by atoms with Crippen LogP contribution in [0.3, 0.4) is 0 Å². The Kier molecular flexibility index (Phi) is 5.17. The molecule has 0 spiro atoms. The minimum absolute atomic E-state index is 0.0275. The number of nitrogens with two attached hydrogens (primary N) is 1. The second-order valence-electron chi connectivity index (χ2n) is 6.25. The van der Waals surface area contributed by atoms with E-state index in [1.807, 2.05) is 13.0 Å². The number of rotatable bonds is 6. The molecule has 0 saturated carbocycles. The molecule has 0 bridgehead atoms. The summed E-state index contributed by atoms with van der Waals surface area (Å²) in [4.78, 5) is 11.2. The van der Waals surface area contributed by atoms with Crippen LogP contribution < -0.4 is 5.73 Å². The van der Waals surface area contributed by atoms with E-state index in [-0.39, 0.29) is 22.8 Å². The lowest BCUT2D eigenvalue weighted by molar-refractivity contribution is 0.0693. The first-order valence-corrected chi connectivity index (χ1v) is 6.98. The molecule has 4 heteroatoms. The van der Waals surface area contributed by atoms with Crippen LogP contribution in [0.4, 0.5) is 0 Å². The fraction of sp³-hybridized carbons (Fsp3) is 0.562. The highest BCUT2D eigenvalue weighted by molar-refractivity contribution is 5.91. The minimum atomic E-state index is -1.10. The van der Waals surface area contributed by atoms with Crippen molar-refractivity contribution in [2.75, 3.05) is 0 Å². The van der Waals surface area contributed by atoms with E-state index >= 15 is 0 Å². The van der Waals surface area contributed by atoms with Crippen molar-refractivity contribution in [2.45, 2.75) is 58.4 Å². The van der Waals surface area contributed by atoms with E-state index in [4.69, 9.17) is 10.8 Å². The first-order chi connectivity index (χ1) is 9.15. The van der Waals surface area contributed by atoms with Gasteiger partial charge in [-0.3, -0.25) is 0 Å². The van der Waals surface area contributed by atoms with Crippen LogP contribution in [0.25, 0.3) is 0 Å². The molecule has 4 nitrogen and oxygen atoms in total. The molecule has 1 atom stereocenters. The molecule has 0 saturated heterocycles.